The van der Waals surface area contributed by atoms with E-state index in [1.54, 1.807) is 7.05 Å². The zero-order valence-corrected chi connectivity index (χ0v) is 14.3. The molecule has 132 valence electrons. The molecule has 2 atom stereocenters. The highest BCUT2D eigenvalue weighted by molar-refractivity contribution is 5.94. The molecule has 1 aliphatic heterocycles. The fraction of sp³-hybridized carbons (Fsp3) is 0.529. The molecule has 0 spiro atoms. The van der Waals surface area contributed by atoms with Gasteiger partial charge in [-0.3, -0.25) is 14.5 Å². The number of ether oxygens (including phenoxy) is 1. The van der Waals surface area contributed by atoms with E-state index in [1.165, 1.54) is 25.3 Å². The van der Waals surface area contributed by atoms with Gasteiger partial charge < -0.3 is 15.4 Å². The summed E-state index contributed by atoms with van der Waals surface area (Å²) in [6.45, 7) is 0.485. The molecule has 0 radical (unpaired) electrons. The van der Waals surface area contributed by atoms with Crippen LogP contribution in [0.25, 0.3) is 0 Å². The molecule has 1 fully saturated rings. The Bertz CT molecular complexity index is 609. The van der Waals surface area contributed by atoms with Gasteiger partial charge in [-0.1, -0.05) is 0 Å². The van der Waals surface area contributed by atoms with Crippen molar-refractivity contribution in [3.63, 3.8) is 0 Å². The van der Waals surface area contributed by atoms with Crippen molar-refractivity contribution >= 4 is 11.8 Å². The predicted molar refractivity (Wildman–Crippen MR) is 88.5 cm³/mol. The normalized spacial score (nSPS) is 20.7. The van der Waals surface area contributed by atoms with Crippen LogP contribution in [0.5, 0.6) is 5.75 Å². The number of amides is 2. The summed E-state index contributed by atoms with van der Waals surface area (Å²) in [6.07, 6.45) is 2.31. The highest BCUT2D eigenvalue weighted by atomic mass is 19.1. The summed E-state index contributed by atoms with van der Waals surface area (Å²) < 4.78 is 18.3. The Hall–Kier alpha value is -2.15. The van der Waals surface area contributed by atoms with Crippen LogP contribution in [-0.2, 0) is 4.79 Å². The number of nitrogens with zero attached hydrogens (tertiary/aromatic N) is 1. The van der Waals surface area contributed by atoms with Crippen molar-refractivity contribution in [1.82, 2.24) is 15.5 Å². The largest absolute Gasteiger partial charge is 0.494 e. The van der Waals surface area contributed by atoms with E-state index in [4.69, 9.17) is 4.74 Å². The van der Waals surface area contributed by atoms with Crippen LogP contribution in [0.1, 0.15) is 29.6 Å². The Morgan fingerprint density at radius 1 is 1.33 bits per heavy atom. The van der Waals surface area contributed by atoms with E-state index in [0.29, 0.717) is 18.5 Å². The molecule has 0 unspecified atom stereocenters. The number of carbonyl (C=O) groups is 2. The van der Waals surface area contributed by atoms with E-state index in [2.05, 4.69) is 15.5 Å². The summed E-state index contributed by atoms with van der Waals surface area (Å²) >= 11 is 0. The Balaban J connectivity index is 1.89. The Morgan fingerprint density at radius 2 is 2.04 bits per heavy atom. The van der Waals surface area contributed by atoms with E-state index in [-0.39, 0.29) is 29.6 Å². The average Bonchev–Trinajstić information content (AvgIpc) is 2.93. The third-order valence-electron chi connectivity index (χ3n) is 4.60. The van der Waals surface area contributed by atoms with Crippen LogP contribution in [0.4, 0.5) is 4.39 Å². The molecule has 1 aliphatic rings. The van der Waals surface area contributed by atoms with Crippen molar-refractivity contribution in [2.45, 2.75) is 31.3 Å². The van der Waals surface area contributed by atoms with Crippen molar-refractivity contribution in [3.05, 3.63) is 29.6 Å². The average molecular weight is 337 g/mol. The minimum Gasteiger partial charge on any atom is -0.494 e. The monoisotopic (exact) mass is 337 g/mol. The number of halogens is 1. The number of nitrogens with one attached hydrogen (secondary N) is 2. The molecular formula is C17H24FN3O3. The molecule has 6 nitrogen and oxygen atoms in total. The lowest BCUT2D eigenvalue weighted by atomic mass is 10.1. The van der Waals surface area contributed by atoms with Gasteiger partial charge in [0, 0.05) is 37.7 Å². The topological polar surface area (TPSA) is 70.7 Å². The van der Waals surface area contributed by atoms with Gasteiger partial charge in [0.15, 0.2) is 11.6 Å². The van der Waals surface area contributed by atoms with Gasteiger partial charge in [-0.15, -0.1) is 0 Å². The van der Waals surface area contributed by atoms with Gasteiger partial charge in [0.2, 0.25) is 5.91 Å². The van der Waals surface area contributed by atoms with Crippen LogP contribution < -0.4 is 15.4 Å². The minimum absolute atomic E-state index is 0.0231. The maximum atomic E-state index is 13.4. The zero-order valence-electron chi connectivity index (χ0n) is 14.3. The minimum atomic E-state index is -0.499. The van der Waals surface area contributed by atoms with Crippen LogP contribution in [0.3, 0.4) is 0 Å². The van der Waals surface area contributed by atoms with Gasteiger partial charge in [0.05, 0.1) is 7.11 Å². The van der Waals surface area contributed by atoms with Crippen molar-refractivity contribution in [2.24, 2.45) is 0 Å². The number of hydrogen-bond donors (Lipinski definition) is 2. The summed E-state index contributed by atoms with van der Waals surface area (Å²) in [6, 6.07) is 4.41. The first-order chi connectivity index (χ1) is 11.5. The van der Waals surface area contributed by atoms with Gasteiger partial charge in [-0.2, -0.15) is 0 Å². The van der Waals surface area contributed by atoms with E-state index in [0.717, 1.165) is 12.8 Å². The lowest BCUT2D eigenvalue weighted by Gasteiger charge is -2.25. The maximum Gasteiger partial charge on any atom is 0.251 e. The Labute approximate surface area is 141 Å². The number of rotatable bonds is 6. The van der Waals surface area contributed by atoms with Crippen LogP contribution in [0, 0.1) is 5.82 Å². The molecule has 0 saturated carbocycles. The van der Waals surface area contributed by atoms with Crippen LogP contribution in [-0.4, -0.2) is 56.5 Å². The van der Waals surface area contributed by atoms with Crippen LogP contribution in [0.2, 0.25) is 0 Å². The SMILES string of the molecule is CNC(=O)C[C@H]1CC[C@@H](CNC(=O)c2ccc(F)c(OC)c2)N1C. The van der Waals surface area contributed by atoms with Crippen molar-refractivity contribution in [3.8, 4) is 5.75 Å². The Morgan fingerprint density at radius 3 is 2.71 bits per heavy atom. The number of carbonyl (C=O) groups excluding carboxylic acids is 2. The molecule has 2 rings (SSSR count). The molecule has 0 aliphatic carbocycles. The first kappa shape index (κ1) is 18.2. The summed E-state index contributed by atoms with van der Waals surface area (Å²) in [5.74, 6) is -0.695. The number of methoxy groups -OCH3 is 1. The fourth-order valence-electron chi connectivity index (χ4n) is 3.01. The molecule has 0 aromatic heterocycles. The molecule has 1 heterocycles. The van der Waals surface area contributed by atoms with Crippen molar-refractivity contribution in [2.75, 3.05) is 27.7 Å². The summed E-state index contributed by atoms with van der Waals surface area (Å²) in [4.78, 5) is 25.9. The first-order valence-electron chi connectivity index (χ1n) is 8.00. The lowest BCUT2D eigenvalue weighted by molar-refractivity contribution is -0.121. The second-order valence-corrected chi connectivity index (χ2v) is 5.99. The second kappa shape index (κ2) is 8.10. The predicted octanol–water partition coefficient (Wildman–Crippen LogP) is 1.16. The molecule has 1 aromatic carbocycles. The molecule has 24 heavy (non-hydrogen) atoms. The number of likely N-dealkylation sites (tertiary alicyclic amines) is 1. The molecule has 7 heteroatoms. The molecule has 1 aromatic rings. The molecule has 2 N–H and O–H groups in total. The van der Waals surface area contributed by atoms with E-state index >= 15 is 0 Å². The van der Waals surface area contributed by atoms with Crippen LogP contribution >= 0.6 is 0 Å². The third-order valence-corrected chi connectivity index (χ3v) is 4.60. The van der Waals surface area contributed by atoms with Gasteiger partial charge in [-0.25, -0.2) is 4.39 Å². The van der Waals surface area contributed by atoms with E-state index < -0.39 is 5.82 Å². The Kier molecular flexibility index (Phi) is 6.14. The standard InChI is InChI=1S/C17H24FN3O3/c1-19-16(22)9-12-5-6-13(21(12)2)10-20-17(23)11-4-7-14(18)15(8-11)24-3/h4,7-8,12-13H,5-6,9-10H2,1-3H3,(H,19,22)(H,20,23)/t12-,13+/m1/s1. The molecular weight excluding hydrogens is 313 g/mol. The molecule has 1 saturated heterocycles. The third kappa shape index (κ3) is 4.23. The summed E-state index contributed by atoms with van der Waals surface area (Å²) in [7, 11) is 4.96. The maximum absolute atomic E-state index is 13.4. The van der Waals surface area contributed by atoms with Crippen LogP contribution in [0.15, 0.2) is 18.2 Å². The summed E-state index contributed by atoms with van der Waals surface area (Å²) in [5.41, 5.74) is 0.357. The molecule has 0 bridgehead atoms. The smallest absolute Gasteiger partial charge is 0.251 e. The van der Waals surface area contributed by atoms with Gasteiger partial charge in [0.25, 0.3) is 5.91 Å². The van der Waals surface area contributed by atoms with E-state index in [9.17, 15) is 14.0 Å². The highest BCUT2D eigenvalue weighted by Gasteiger charge is 2.31. The quantitative estimate of drug-likeness (QED) is 0.817. The molecule has 2 amide bonds. The first-order valence-corrected chi connectivity index (χ1v) is 8.00. The van der Waals surface area contributed by atoms with Gasteiger partial charge >= 0.3 is 0 Å². The lowest BCUT2D eigenvalue weighted by Crippen LogP contribution is -2.42. The van der Waals surface area contributed by atoms with Crippen molar-refractivity contribution < 1.29 is 18.7 Å². The highest BCUT2D eigenvalue weighted by Crippen LogP contribution is 2.24. The second-order valence-electron chi connectivity index (χ2n) is 5.99. The van der Waals surface area contributed by atoms with Gasteiger partial charge in [-0.05, 0) is 38.1 Å². The number of benzene rings is 1. The zero-order chi connectivity index (χ0) is 17.7. The summed E-state index contributed by atoms with van der Waals surface area (Å²) in [5, 5.41) is 5.51. The van der Waals surface area contributed by atoms with Gasteiger partial charge in [0.1, 0.15) is 0 Å². The van der Waals surface area contributed by atoms with Crippen molar-refractivity contribution in [1.29, 1.82) is 0 Å². The van der Waals surface area contributed by atoms with E-state index in [1.807, 2.05) is 7.05 Å². The fourth-order valence-corrected chi connectivity index (χ4v) is 3.01. The number of likely N-dealkylation sites (N-methyl/N-ethyl adjacent to an activating group) is 1. The number of hydrogen-bond acceptors (Lipinski definition) is 4.